The van der Waals surface area contributed by atoms with E-state index in [-0.39, 0.29) is 0 Å². The SMILES string of the molecule is CCCOc1ccc2ccccc2c1CN(C)Cc1nnnn1-c1ccccc1. The average molecular weight is 387 g/mol. The highest BCUT2D eigenvalue weighted by molar-refractivity contribution is 5.87. The summed E-state index contributed by atoms with van der Waals surface area (Å²) in [5, 5.41) is 14.7. The van der Waals surface area contributed by atoms with Crippen LogP contribution in [-0.2, 0) is 13.1 Å². The molecule has 0 saturated carbocycles. The zero-order valence-electron chi connectivity index (χ0n) is 16.8. The van der Waals surface area contributed by atoms with Crippen LogP contribution in [-0.4, -0.2) is 38.8 Å². The predicted octanol–water partition coefficient (Wildman–Crippen LogP) is 4.24. The van der Waals surface area contributed by atoms with Crippen molar-refractivity contribution < 1.29 is 4.74 Å². The Morgan fingerprint density at radius 2 is 1.72 bits per heavy atom. The third kappa shape index (κ3) is 4.27. The molecular weight excluding hydrogens is 362 g/mol. The van der Waals surface area contributed by atoms with Gasteiger partial charge in [0.25, 0.3) is 0 Å². The summed E-state index contributed by atoms with van der Waals surface area (Å²) >= 11 is 0. The van der Waals surface area contributed by atoms with E-state index in [4.69, 9.17) is 4.74 Å². The van der Waals surface area contributed by atoms with Gasteiger partial charge >= 0.3 is 0 Å². The van der Waals surface area contributed by atoms with Crippen molar-refractivity contribution in [1.29, 1.82) is 0 Å². The van der Waals surface area contributed by atoms with Crippen molar-refractivity contribution >= 4 is 10.8 Å². The first kappa shape index (κ1) is 19.1. The summed E-state index contributed by atoms with van der Waals surface area (Å²) in [6.45, 7) is 4.19. The molecule has 4 rings (SSSR count). The molecule has 0 spiro atoms. The van der Waals surface area contributed by atoms with Gasteiger partial charge in [0.2, 0.25) is 0 Å². The lowest BCUT2D eigenvalue weighted by molar-refractivity contribution is 0.285. The summed E-state index contributed by atoms with van der Waals surface area (Å²) in [5.41, 5.74) is 2.15. The molecule has 29 heavy (non-hydrogen) atoms. The van der Waals surface area contributed by atoms with Crippen LogP contribution in [0.15, 0.2) is 66.7 Å². The van der Waals surface area contributed by atoms with E-state index < -0.39 is 0 Å². The number of para-hydroxylation sites is 1. The second-order valence-corrected chi connectivity index (χ2v) is 7.13. The summed E-state index contributed by atoms with van der Waals surface area (Å²) in [6, 6.07) is 22.6. The molecule has 148 valence electrons. The Morgan fingerprint density at radius 1 is 0.931 bits per heavy atom. The number of hydrogen-bond acceptors (Lipinski definition) is 5. The zero-order valence-corrected chi connectivity index (χ0v) is 16.8. The molecule has 1 heterocycles. The van der Waals surface area contributed by atoms with Crippen LogP contribution in [0.3, 0.4) is 0 Å². The van der Waals surface area contributed by atoms with Crippen molar-refractivity contribution in [3.8, 4) is 11.4 Å². The van der Waals surface area contributed by atoms with Gasteiger partial charge in [0.1, 0.15) is 5.75 Å². The van der Waals surface area contributed by atoms with E-state index in [2.05, 4.69) is 70.8 Å². The van der Waals surface area contributed by atoms with Gasteiger partial charge in [-0.2, -0.15) is 4.68 Å². The molecule has 0 aliphatic rings. The molecule has 0 aliphatic carbocycles. The van der Waals surface area contributed by atoms with Crippen LogP contribution in [0, 0.1) is 0 Å². The van der Waals surface area contributed by atoms with Gasteiger partial charge in [0.15, 0.2) is 5.82 Å². The third-order valence-electron chi connectivity index (χ3n) is 4.83. The smallest absolute Gasteiger partial charge is 0.170 e. The molecule has 0 fully saturated rings. The Morgan fingerprint density at radius 3 is 2.55 bits per heavy atom. The van der Waals surface area contributed by atoms with E-state index in [0.29, 0.717) is 13.2 Å². The number of ether oxygens (including phenoxy) is 1. The normalized spacial score (nSPS) is 11.3. The molecule has 6 heteroatoms. The average Bonchev–Trinajstić information content (AvgIpc) is 3.21. The van der Waals surface area contributed by atoms with Gasteiger partial charge in [0, 0.05) is 12.1 Å². The second kappa shape index (κ2) is 8.84. The minimum absolute atomic E-state index is 0.623. The molecule has 0 amide bonds. The van der Waals surface area contributed by atoms with E-state index in [1.54, 1.807) is 4.68 Å². The monoisotopic (exact) mass is 387 g/mol. The van der Waals surface area contributed by atoms with Gasteiger partial charge < -0.3 is 4.74 Å². The van der Waals surface area contributed by atoms with Crippen LogP contribution in [0.25, 0.3) is 16.5 Å². The van der Waals surface area contributed by atoms with Crippen LogP contribution in [0.5, 0.6) is 5.75 Å². The second-order valence-electron chi connectivity index (χ2n) is 7.13. The van der Waals surface area contributed by atoms with E-state index >= 15 is 0 Å². The summed E-state index contributed by atoms with van der Waals surface area (Å²) in [7, 11) is 2.08. The van der Waals surface area contributed by atoms with Crippen LogP contribution >= 0.6 is 0 Å². The highest BCUT2D eigenvalue weighted by Crippen LogP contribution is 2.29. The number of tetrazole rings is 1. The molecule has 1 aromatic heterocycles. The maximum Gasteiger partial charge on any atom is 0.170 e. The number of nitrogens with zero attached hydrogens (tertiary/aromatic N) is 5. The van der Waals surface area contributed by atoms with E-state index in [1.165, 1.54) is 16.3 Å². The highest BCUT2D eigenvalue weighted by atomic mass is 16.5. The van der Waals surface area contributed by atoms with E-state index in [9.17, 15) is 0 Å². The fourth-order valence-electron chi connectivity index (χ4n) is 3.47. The Balaban J connectivity index is 1.60. The molecule has 0 bridgehead atoms. The Kier molecular flexibility index (Phi) is 5.81. The molecule has 4 aromatic rings. The van der Waals surface area contributed by atoms with Crippen LogP contribution < -0.4 is 4.74 Å². The first-order valence-corrected chi connectivity index (χ1v) is 9.91. The van der Waals surface area contributed by atoms with Crippen molar-refractivity contribution in [2.45, 2.75) is 26.4 Å². The Hall–Kier alpha value is -3.25. The molecular formula is C23H25N5O. The van der Waals surface area contributed by atoms with Crippen molar-refractivity contribution in [3.05, 3.63) is 78.1 Å². The lowest BCUT2D eigenvalue weighted by atomic mass is 10.0. The molecule has 3 aromatic carbocycles. The van der Waals surface area contributed by atoms with Crippen molar-refractivity contribution in [3.63, 3.8) is 0 Å². The van der Waals surface area contributed by atoms with Gasteiger partial charge in [-0.25, -0.2) is 0 Å². The first-order valence-electron chi connectivity index (χ1n) is 9.91. The summed E-state index contributed by atoms with van der Waals surface area (Å²) in [5.74, 6) is 1.75. The summed E-state index contributed by atoms with van der Waals surface area (Å²) in [4.78, 5) is 2.21. The number of fused-ring (bicyclic) bond motifs is 1. The largest absolute Gasteiger partial charge is 0.493 e. The van der Waals surface area contributed by atoms with Crippen molar-refractivity contribution in [2.24, 2.45) is 0 Å². The van der Waals surface area contributed by atoms with E-state index in [0.717, 1.165) is 30.2 Å². The number of aromatic nitrogens is 4. The number of benzene rings is 3. The van der Waals surface area contributed by atoms with Crippen LogP contribution in [0.1, 0.15) is 24.7 Å². The van der Waals surface area contributed by atoms with Gasteiger partial charge in [-0.3, -0.25) is 4.90 Å². The summed E-state index contributed by atoms with van der Waals surface area (Å²) < 4.78 is 7.84. The van der Waals surface area contributed by atoms with Crippen LogP contribution in [0.2, 0.25) is 0 Å². The quantitative estimate of drug-likeness (QED) is 0.453. The zero-order chi connectivity index (χ0) is 20.1. The van der Waals surface area contributed by atoms with E-state index in [1.807, 2.05) is 30.3 Å². The molecule has 0 atom stereocenters. The minimum Gasteiger partial charge on any atom is -0.493 e. The lowest BCUT2D eigenvalue weighted by Crippen LogP contribution is -2.21. The van der Waals surface area contributed by atoms with Crippen LogP contribution in [0.4, 0.5) is 0 Å². The maximum absolute atomic E-state index is 6.05. The first-order chi connectivity index (χ1) is 14.3. The standard InChI is InChI=1S/C23H25N5O/c1-3-15-29-22-14-13-18-9-7-8-12-20(18)21(22)16-27(2)17-23-24-25-26-28(23)19-10-5-4-6-11-19/h4-14H,3,15-17H2,1-2H3. The maximum atomic E-state index is 6.05. The molecule has 0 aliphatic heterocycles. The topological polar surface area (TPSA) is 56.1 Å². The third-order valence-corrected chi connectivity index (χ3v) is 4.83. The molecule has 6 nitrogen and oxygen atoms in total. The number of hydrogen-bond donors (Lipinski definition) is 0. The summed E-state index contributed by atoms with van der Waals surface area (Å²) in [6.07, 6.45) is 0.980. The van der Waals surface area contributed by atoms with Crippen molar-refractivity contribution in [2.75, 3.05) is 13.7 Å². The van der Waals surface area contributed by atoms with Gasteiger partial charge in [0.05, 0.1) is 18.8 Å². The fourth-order valence-corrected chi connectivity index (χ4v) is 3.47. The minimum atomic E-state index is 0.623. The van der Waals surface area contributed by atoms with Gasteiger partial charge in [-0.15, -0.1) is 5.10 Å². The lowest BCUT2D eigenvalue weighted by Gasteiger charge is -2.20. The predicted molar refractivity (Wildman–Crippen MR) is 114 cm³/mol. The Bertz CT molecular complexity index is 1080. The molecule has 0 saturated heterocycles. The van der Waals surface area contributed by atoms with Gasteiger partial charge in [-0.05, 0) is 52.9 Å². The highest BCUT2D eigenvalue weighted by Gasteiger charge is 2.15. The van der Waals surface area contributed by atoms with Gasteiger partial charge in [-0.1, -0.05) is 55.5 Å². The van der Waals surface area contributed by atoms with Crippen molar-refractivity contribution in [1.82, 2.24) is 25.1 Å². The Labute approximate surface area is 170 Å². The number of rotatable bonds is 8. The molecule has 0 unspecified atom stereocenters. The molecule has 0 N–H and O–H groups in total. The molecule has 0 radical (unpaired) electrons. The fraction of sp³-hybridized carbons (Fsp3) is 0.261.